The zero-order valence-electron chi connectivity index (χ0n) is 14.0. The van der Waals surface area contributed by atoms with E-state index in [-0.39, 0.29) is 11.5 Å². The van der Waals surface area contributed by atoms with Crippen LogP contribution in [0.2, 0.25) is 0 Å². The van der Waals surface area contributed by atoms with Gasteiger partial charge in [-0.2, -0.15) is 0 Å². The van der Waals surface area contributed by atoms with Gasteiger partial charge in [-0.3, -0.25) is 9.36 Å². The van der Waals surface area contributed by atoms with E-state index < -0.39 is 17.2 Å². The van der Waals surface area contributed by atoms with E-state index in [4.69, 9.17) is 0 Å². The average Bonchev–Trinajstić information content (AvgIpc) is 2.60. The molecule has 26 heavy (non-hydrogen) atoms. The zero-order valence-corrected chi connectivity index (χ0v) is 14.9. The Morgan fingerprint density at radius 2 is 1.96 bits per heavy atom. The van der Waals surface area contributed by atoms with Crippen molar-refractivity contribution in [2.45, 2.75) is 24.9 Å². The standard InChI is InChI=1S/C19H16F2N2O2S/c1-12(24)5-4-10-26-19-22-16-7-3-2-6-14(16)18(25)23(19)17-9-8-13(20)11-15(17)21/h2-3,6-9,11H,4-5,10H2,1H3. The SMILES string of the molecule is CC(=O)CCCSc1nc2ccccc2c(=O)n1-c1ccc(F)cc1F. The Morgan fingerprint density at radius 1 is 1.19 bits per heavy atom. The van der Waals surface area contributed by atoms with Crippen molar-refractivity contribution in [3.05, 3.63) is 64.5 Å². The molecule has 0 aliphatic rings. The van der Waals surface area contributed by atoms with Gasteiger partial charge in [0.1, 0.15) is 17.4 Å². The molecule has 0 aliphatic carbocycles. The second-order valence-corrected chi connectivity index (χ2v) is 6.86. The van der Waals surface area contributed by atoms with Crippen molar-refractivity contribution in [3.63, 3.8) is 0 Å². The first-order valence-electron chi connectivity index (χ1n) is 8.07. The topological polar surface area (TPSA) is 52.0 Å². The molecule has 2 aromatic carbocycles. The number of carbonyl (C=O) groups excluding carboxylic acids is 1. The maximum Gasteiger partial charge on any atom is 0.266 e. The van der Waals surface area contributed by atoms with Gasteiger partial charge < -0.3 is 4.79 Å². The van der Waals surface area contributed by atoms with Gasteiger partial charge in [-0.25, -0.2) is 13.8 Å². The molecule has 1 heterocycles. The fourth-order valence-electron chi connectivity index (χ4n) is 2.57. The first-order valence-corrected chi connectivity index (χ1v) is 9.05. The molecule has 3 aromatic rings. The number of nitrogens with zero attached hydrogens (tertiary/aromatic N) is 2. The monoisotopic (exact) mass is 374 g/mol. The molecular weight excluding hydrogens is 358 g/mol. The van der Waals surface area contributed by atoms with Gasteiger partial charge in [0.05, 0.1) is 16.6 Å². The Labute approximate surface area is 152 Å². The van der Waals surface area contributed by atoms with Gasteiger partial charge in [-0.05, 0) is 37.6 Å². The molecule has 1 aromatic heterocycles. The van der Waals surface area contributed by atoms with Crippen LogP contribution in [-0.2, 0) is 4.79 Å². The molecule has 0 aliphatic heterocycles. The van der Waals surface area contributed by atoms with Crippen molar-refractivity contribution < 1.29 is 13.6 Å². The quantitative estimate of drug-likeness (QED) is 0.370. The van der Waals surface area contributed by atoms with Crippen LogP contribution in [0.4, 0.5) is 8.78 Å². The fourth-order valence-corrected chi connectivity index (χ4v) is 3.51. The number of hydrogen-bond donors (Lipinski definition) is 0. The molecule has 7 heteroatoms. The van der Waals surface area contributed by atoms with Crippen LogP contribution in [0, 0.1) is 11.6 Å². The summed E-state index contributed by atoms with van der Waals surface area (Å²) >= 11 is 1.26. The number of thioether (sulfide) groups is 1. The summed E-state index contributed by atoms with van der Waals surface area (Å²) < 4.78 is 28.7. The van der Waals surface area contributed by atoms with Crippen LogP contribution in [-0.4, -0.2) is 21.1 Å². The van der Waals surface area contributed by atoms with E-state index in [0.29, 0.717) is 34.7 Å². The first kappa shape index (κ1) is 18.3. The Balaban J connectivity index is 2.11. The molecule has 134 valence electrons. The predicted molar refractivity (Wildman–Crippen MR) is 97.9 cm³/mol. The van der Waals surface area contributed by atoms with Gasteiger partial charge in [0.25, 0.3) is 5.56 Å². The summed E-state index contributed by atoms with van der Waals surface area (Å²) in [5.41, 5.74) is 0.0317. The Bertz CT molecular complexity index is 1030. The molecule has 0 atom stereocenters. The lowest BCUT2D eigenvalue weighted by molar-refractivity contribution is -0.117. The molecule has 0 radical (unpaired) electrons. The molecule has 0 amide bonds. The lowest BCUT2D eigenvalue weighted by Gasteiger charge is -2.13. The molecule has 4 nitrogen and oxygen atoms in total. The van der Waals surface area contributed by atoms with Crippen LogP contribution in [0.1, 0.15) is 19.8 Å². The highest BCUT2D eigenvalue weighted by atomic mass is 32.2. The van der Waals surface area contributed by atoms with E-state index in [0.717, 1.165) is 16.7 Å². The summed E-state index contributed by atoms with van der Waals surface area (Å²) in [7, 11) is 0. The zero-order chi connectivity index (χ0) is 18.7. The Morgan fingerprint density at radius 3 is 2.69 bits per heavy atom. The third-order valence-corrected chi connectivity index (χ3v) is 4.82. The lowest BCUT2D eigenvalue weighted by Crippen LogP contribution is -2.22. The molecule has 0 spiro atoms. The summed E-state index contributed by atoms with van der Waals surface area (Å²) in [6.45, 7) is 1.52. The molecule has 0 fully saturated rings. The number of Topliss-reactive ketones (excluding diaryl/α,β-unsaturated/α-hetero) is 1. The van der Waals surface area contributed by atoms with Gasteiger partial charge in [-0.15, -0.1) is 0 Å². The molecule has 0 bridgehead atoms. The number of ketones is 1. The maximum absolute atomic E-state index is 14.3. The van der Waals surface area contributed by atoms with Crippen LogP contribution < -0.4 is 5.56 Å². The molecular formula is C19H16F2N2O2S. The second-order valence-electron chi connectivity index (χ2n) is 5.80. The van der Waals surface area contributed by atoms with Crippen LogP contribution in [0.25, 0.3) is 16.6 Å². The molecule has 0 saturated carbocycles. The van der Waals surface area contributed by atoms with Crippen molar-refractivity contribution in [2.24, 2.45) is 0 Å². The number of hydrogen-bond acceptors (Lipinski definition) is 4. The van der Waals surface area contributed by atoms with E-state index in [1.165, 1.54) is 24.8 Å². The highest BCUT2D eigenvalue weighted by Gasteiger charge is 2.16. The number of halogens is 2. The number of benzene rings is 2. The van der Waals surface area contributed by atoms with Gasteiger partial charge >= 0.3 is 0 Å². The van der Waals surface area contributed by atoms with Crippen LogP contribution in [0.5, 0.6) is 0 Å². The highest BCUT2D eigenvalue weighted by Crippen LogP contribution is 2.24. The van der Waals surface area contributed by atoms with E-state index in [1.54, 1.807) is 24.3 Å². The van der Waals surface area contributed by atoms with Gasteiger partial charge in [-0.1, -0.05) is 23.9 Å². The Hall–Kier alpha value is -2.54. The maximum atomic E-state index is 14.3. The molecule has 3 rings (SSSR count). The van der Waals surface area contributed by atoms with Gasteiger partial charge in [0.2, 0.25) is 0 Å². The molecule has 0 saturated heterocycles. The number of fused-ring (bicyclic) bond motifs is 1. The van der Waals surface area contributed by atoms with Crippen molar-refractivity contribution in [1.82, 2.24) is 9.55 Å². The number of aromatic nitrogens is 2. The summed E-state index contributed by atoms with van der Waals surface area (Å²) in [6, 6.07) is 9.86. The fraction of sp³-hybridized carbons (Fsp3) is 0.211. The minimum Gasteiger partial charge on any atom is -0.300 e. The predicted octanol–water partition coefficient (Wildman–Crippen LogP) is 4.13. The average molecular weight is 374 g/mol. The van der Waals surface area contributed by atoms with E-state index >= 15 is 0 Å². The van der Waals surface area contributed by atoms with E-state index in [1.807, 2.05) is 0 Å². The van der Waals surface area contributed by atoms with Gasteiger partial charge in [0.15, 0.2) is 5.16 Å². The van der Waals surface area contributed by atoms with Gasteiger partial charge in [0, 0.05) is 18.2 Å². The summed E-state index contributed by atoms with van der Waals surface area (Å²) in [6.07, 6.45) is 1.05. The summed E-state index contributed by atoms with van der Waals surface area (Å²) in [5, 5.41) is 0.659. The van der Waals surface area contributed by atoms with Crippen LogP contribution >= 0.6 is 11.8 Å². The van der Waals surface area contributed by atoms with Crippen molar-refractivity contribution in [2.75, 3.05) is 5.75 Å². The lowest BCUT2D eigenvalue weighted by atomic mass is 10.2. The highest BCUT2D eigenvalue weighted by molar-refractivity contribution is 7.99. The second kappa shape index (κ2) is 7.78. The normalized spacial score (nSPS) is 11.0. The third-order valence-electron chi connectivity index (χ3n) is 3.80. The minimum atomic E-state index is -0.838. The third kappa shape index (κ3) is 3.83. The van der Waals surface area contributed by atoms with Crippen LogP contribution in [0.15, 0.2) is 52.4 Å². The smallest absolute Gasteiger partial charge is 0.266 e. The largest absolute Gasteiger partial charge is 0.300 e. The molecule has 0 unspecified atom stereocenters. The number of carbonyl (C=O) groups is 1. The van der Waals surface area contributed by atoms with Crippen molar-refractivity contribution >= 4 is 28.4 Å². The first-order chi connectivity index (χ1) is 12.5. The molecule has 0 N–H and O–H groups in total. The number of para-hydroxylation sites is 1. The minimum absolute atomic E-state index is 0.0521. The van der Waals surface area contributed by atoms with Crippen LogP contribution in [0.3, 0.4) is 0 Å². The van der Waals surface area contributed by atoms with Crippen molar-refractivity contribution in [3.8, 4) is 5.69 Å². The summed E-state index contributed by atoms with van der Waals surface area (Å²) in [5.74, 6) is -0.926. The Kier molecular flexibility index (Phi) is 5.46. The van der Waals surface area contributed by atoms with Crippen molar-refractivity contribution in [1.29, 1.82) is 0 Å². The summed E-state index contributed by atoms with van der Waals surface area (Å²) in [4.78, 5) is 28.5. The number of rotatable bonds is 6. The van der Waals surface area contributed by atoms with E-state index in [2.05, 4.69) is 4.98 Å². The van der Waals surface area contributed by atoms with E-state index in [9.17, 15) is 18.4 Å².